The van der Waals surface area contributed by atoms with Crippen LogP contribution in [0.25, 0.3) is 11.8 Å². The van der Waals surface area contributed by atoms with Crippen LogP contribution in [0.4, 0.5) is 10.1 Å². The highest BCUT2D eigenvalue weighted by molar-refractivity contribution is 7.80. The number of aromatic nitrogens is 1. The van der Waals surface area contributed by atoms with Gasteiger partial charge in [-0.05, 0) is 68.0 Å². The van der Waals surface area contributed by atoms with E-state index in [9.17, 15) is 23.9 Å². The minimum Gasteiger partial charge on any atom is -0.478 e. The monoisotopic (exact) mass is 463 g/mol. The molecule has 7 nitrogen and oxygen atoms in total. The van der Waals surface area contributed by atoms with Crippen LogP contribution in [-0.4, -0.2) is 32.6 Å². The zero-order valence-corrected chi connectivity index (χ0v) is 18.4. The molecular formula is C24H18FN3O4S. The molecule has 0 unspecified atom stereocenters. The maximum absolute atomic E-state index is 14.3. The van der Waals surface area contributed by atoms with Crippen molar-refractivity contribution in [3.05, 3.63) is 88.5 Å². The van der Waals surface area contributed by atoms with Gasteiger partial charge in [0.05, 0.1) is 16.9 Å². The van der Waals surface area contributed by atoms with Gasteiger partial charge in [0.2, 0.25) is 0 Å². The van der Waals surface area contributed by atoms with Gasteiger partial charge in [0, 0.05) is 11.4 Å². The molecule has 3 aromatic rings. The van der Waals surface area contributed by atoms with Gasteiger partial charge < -0.3 is 9.67 Å². The van der Waals surface area contributed by atoms with E-state index < -0.39 is 23.6 Å². The number of nitrogens with one attached hydrogen (secondary N) is 1. The van der Waals surface area contributed by atoms with Crippen LogP contribution in [0.1, 0.15) is 27.3 Å². The molecule has 1 saturated heterocycles. The van der Waals surface area contributed by atoms with Gasteiger partial charge in [0.15, 0.2) is 5.11 Å². The Morgan fingerprint density at radius 2 is 1.70 bits per heavy atom. The van der Waals surface area contributed by atoms with Crippen LogP contribution in [0.2, 0.25) is 0 Å². The minimum absolute atomic E-state index is 0.0701. The molecule has 4 rings (SSSR count). The zero-order valence-electron chi connectivity index (χ0n) is 17.6. The summed E-state index contributed by atoms with van der Waals surface area (Å²) < 4.78 is 16.1. The van der Waals surface area contributed by atoms with Gasteiger partial charge in [-0.25, -0.2) is 14.1 Å². The first-order valence-corrected chi connectivity index (χ1v) is 10.3. The molecule has 0 radical (unpaired) electrons. The molecule has 2 aromatic carbocycles. The topological polar surface area (TPSA) is 91.6 Å². The highest BCUT2D eigenvalue weighted by atomic mass is 32.1. The maximum Gasteiger partial charge on any atom is 0.337 e. The molecule has 1 aliphatic rings. The summed E-state index contributed by atoms with van der Waals surface area (Å²) >= 11 is 5.11. The second kappa shape index (κ2) is 8.44. The number of aryl methyl sites for hydroxylation is 1. The number of nitrogens with zero attached hydrogens (tertiary/aromatic N) is 2. The van der Waals surface area contributed by atoms with E-state index in [0.717, 1.165) is 4.90 Å². The average Bonchev–Trinajstić information content (AvgIpc) is 3.05. The van der Waals surface area contributed by atoms with Crippen molar-refractivity contribution in [2.45, 2.75) is 13.8 Å². The number of rotatable bonds is 4. The molecule has 0 bridgehead atoms. The van der Waals surface area contributed by atoms with E-state index in [4.69, 9.17) is 12.2 Å². The number of carboxylic acids is 1. The highest BCUT2D eigenvalue weighted by Gasteiger charge is 2.36. The lowest BCUT2D eigenvalue weighted by Gasteiger charge is -2.29. The molecule has 2 N–H and O–H groups in total. The molecule has 0 atom stereocenters. The lowest BCUT2D eigenvalue weighted by Crippen LogP contribution is -2.54. The first-order chi connectivity index (χ1) is 15.7. The second-order valence-corrected chi connectivity index (χ2v) is 7.78. The summed E-state index contributed by atoms with van der Waals surface area (Å²) in [5.41, 5.74) is 2.14. The Labute approximate surface area is 193 Å². The number of thiocarbonyl (C=S) groups is 1. The van der Waals surface area contributed by atoms with Crippen molar-refractivity contribution in [2.24, 2.45) is 0 Å². The molecule has 9 heteroatoms. The normalized spacial score (nSPS) is 15.2. The molecule has 33 heavy (non-hydrogen) atoms. The van der Waals surface area contributed by atoms with Crippen LogP contribution in [0.3, 0.4) is 0 Å². The molecule has 1 fully saturated rings. The third-order valence-electron chi connectivity index (χ3n) is 5.34. The van der Waals surface area contributed by atoms with Crippen molar-refractivity contribution < 1.29 is 23.9 Å². The van der Waals surface area contributed by atoms with Gasteiger partial charge in [-0.15, -0.1) is 0 Å². The number of carboxylic acid groups (broad SMARTS) is 1. The van der Waals surface area contributed by atoms with Crippen LogP contribution < -0.4 is 10.2 Å². The van der Waals surface area contributed by atoms with Crippen molar-refractivity contribution in [1.29, 1.82) is 0 Å². The number of anilines is 1. The lowest BCUT2D eigenvalue weighted by atomic mass is 10.1. The summed E-state index contributed by atoms with van der Waals surface area (Å²) in [5, 5.41) is 11.8. The standard InChI is InChI=1S/C24H18FN3O4S/c1-13-11-15(14(2)27(13)19-9-5-3-7-16(19)23(31)32)12-17-21(29)26-24(33)28(22(17)30)20-10-6-4-8-18(20)25/h3-12H,1-2H3,(H,31,32)(H,26,29,33)/b17-12+. The van der Waals surface area contributed by atoms with Gasteiger partial charge in [-0.3, -0.25) is 14.9 Å². The quantitative estimate of drug-likeness (QED) is 0.349. The number of halogens is 1. The zero-order chi connectivity index (χ0) is 23.9. The van der Waals surface area contributed by atoms with Crippen molar-refractivity contribution in [1.82, 2.24) is 9.88 Å². The number of para-hydroxylation sites is 2. The van der Waals surface area contributed by atoms with E-state index in [2.05, 4.69) is 5.32 Å². The van der Waals surface area contributed by atoms with Crippen molar-refractivity contribution in [3.8, 4) is 5.69 Å². The van der Waals surface area contributed by atoms with Gasteiger partial charge in [-0.1, -0.05) is 24.3 Å². The van der Waals surface area contributed by atoms with Crippen LogP contribution >= 0.6 is 12.2 Å². The van der Waals surface area contributed by atoms with Gasteiger partial charge in [0.25, 0.3) is 11.8 Å². The van der Waals surface area contributed by atoms with Gasteiger partial charge in [-0.2, -0.15) is 0 Å². The van der Waals surface area contributed by atoms with E-state index >= 15 is 0 Å². The van der Waals surface area contributed by atoms with Crippen molar-refractivity contribution in [3.63, 3.8) is 0 Å². The second-order valence-electron chi connectivity index (χ2n) is 7.39. The summed E-state index contributed by atoms with van der Waals surface area (Å²) in [5.74, 6) is -3.20. The maximum atomic E-state index is 14.3. The van der Waals surface area contributed by atoms with E-state index in [0.29, 0.717) is 22.6 Å². The number of carbonyl (C=O) groups is 3. The molecule has 1 aliphatic heterocycles. The van der Waals surface area contributed by atoms with Crippen LogP contribution in [0, 0.1) is 19.7 Å². The summed E-state index contributed by atoms with van der Waals surface area (Å²) in [6.45, 7) is 3.54. The summed E-state index contributed by atoms with van der Waals surface area (Å²) in [7, 11) is 0. The Morgan fingerprint density at radius 1 is 1.06 bits per heavy atom. The smallest absolute Gasteiger partial charge is 0.337 e. The summed E-state index contributed by atoms with van der Waals surface area (Å²) in [6.07, 6.45) is 1.40. The van der Waals surface area contributed by atoms with Crippen molar-refractivity contribution >= 4 is 46.9 Å². The molecule has 2 amide bonds. The number of hydrogen-bond acceptors (Lipinski definition) is 4. The number of benzene rings is 2. The van der Waals surface area contributed by atoms with Crippen LogP contribution in [0.5, 0.6) is 0 Å². The third-order valence-corrected chi connectivity index (χ3v) is 5.63. The van der Waals surface area contributed by atoms with Gasteiger partial charge >= 0.3 is 5.97 Å². The first kappa shape index (κ1) is 22.1. The molecule has 2 heterocycles. The molecule has 1 aromatic heterocycles. The fourth-order valence-electron chi connectivity index (χ4n) is 3.82. The Bertz CT molecular complexity index is 1380. The Hall–Kier alpha value is -4.11. The predicted molar refractivity (Wildman–Crippen MR) is 125 cm³/mol. The first-order valence-electron chi connectivity index (χ1n) is 9.88. The third kappa shape index (κ3) is 3.83. The predicted octanol–water partition coefficient (Wildman–Crippen LogP) is 3.76. The Kier molecular flexibility index (Phi) is 5.65. The molecule has 0 aliphatic carbocycles. The SMILES string of the molecule is Cc1cc(/C=C2\C(=O)NC(=S)N(c3ccccc3F)C2=O)c(C)n1-c1ccccc1C(=O)O. The molecule has 0 saturated carbocycles. The number of amides is 2. The Morgan fingerprint density at radius 3 is 2.36 bits per heavy atom. The van der Waals surface area contributed by atoms with E-state index in [-0.39, 0.29) is 21.9 Å². The number of aromatic carboxylic acids is 1. The molecular weight excluding hydrogens is 445 g/mol. The number of hydrogen-bond donors (Lipinski definition) is 2. The fraction of sp³-hybridized carbons (Fsp3) is 0.0833. The Balaban J connectivity index is 1.81. The number of carbonyl (C=O) groups excluding carboxylic acids is 2. The molecule has 0 spiro atoms. The molecule has 166 valence electrons. The van der Waals surface area contributed by atoms with Gasteiger partial charge in [0.1, 0.15) is 11.4 Å². The minimum atomic E-state index is -1.08. The summed E-state index contributed by atoms with van der Waals surface area (Å²) in [4.78, 5) is 38.4. The lowest BCUT2D eigenvalue weighted by molar-refractivity contribution is -0.122. The van der Waals surface area contributed by atoms with E-state index in [1.165, 1.54) is 30.3 Å². The fourth-order valence-corrected chi connectivity index (χ4v) is 4.09. The summed E-state index contributed by atoms with van der Waals surface area (Å²) in [6, 6.07) is 13.9. The average molecular weight is 463 g/mol. The van der Waals surface area contributed by atoms with E-state index in [1.54, 1.807) is 48.7 Å². The van der Waals surface area contributed by atoms with Crippen LogP contribution in [0.15, 0.2) is 60.2 Å². The van der Waals surface area contributed by atoms with E-state index in [1.807, 2.05) is 0 Å². The van der Waals surface area contributed by atoms with Crippen molar-refractivity contribution in [2.75, 3.05) is 4.90 Å². The highest BCUT2D eigenvalue weighted by Crippen LogP contribution is 2.28. The van der Waals surface area contributed by atoms with Crippen LogP contribution in [-0.2, 0) is 9.59 Å². The largest absolute Gasteiger partial charge is 0.478 e.